The molecule has 0 radical (unpaired) electrons. The van der Waals surface area contributed by atoms with Crippen LogP contribution in [-0.2, 0) is 9.47 Å². The van der Waals surface area contributed by atoms with Gasteiger partial charge in [0, 0.05) is 17.0 Å². The lowest BCUT2D eigenvalue weighted by Gasteiger charge is -2.30. The van der Waals surface area contributed by atoms with Gasteiger partial charge in [-0.3, -0.25) is 0 Å². The van der Waals surface area contributed by atoms with Crippen molar-refractivity contribution < 1.29 is 22.6 Å². The third-order valence-electron chi connectivity index (χ3n) is 3.85. The molecule has 2 rings (SSSR count). The van der Waals surface area contributed by atoms with Gasteiger partial charge in [-0.2, -0.15) is 0 Å². The van der Waals surface area contributed by atoms with E-state index >= 15 is 0 Å². The van der Waals surface area contributed by atoms with Crippen LogP contribution in [0.15, 0.2) is 6.07 Å². The van der Waals surface area contributed by atoms with E-state index in [0.717, 1.165) is 31.7 Å². The Labute approximate surface area is 123 Å². The molecule has 0 aliphatic carbocycles. The maximum atomic E-state index is 13.9. The summed E-state index contributed by atoms with van der Waals surface area (Å²) in [6.07, 6.45) is 3.35. The Balaban J connectivity index is 1.99. The lowest BCUT2D eigenvalue weighted by molar-refractivity contribution is -0.207. The van der Waals surface area contributed by atoms with Crippen molar-refractivity contribution in [2.24, 2.45) is 5.92 Å². The number of hydrogen-bond acceptors (Lipinski definition) is 2. The second-order valence-corrected chi connectivity index (χ2v) is 5.56. The molecule has 0 amide bonds. The minimum Gasteiger partial charge on any atom is -0.348 e. The molecule has 0 unspecified atom stereocenters. The molecular weight excluding hydrogens is 281 g/mol. The molecule has 0 N–H and O–H groups in total. The molecule has 1 aromatic carbocycles. The van der Waals surface area contributed by atoms with Crippen LogP contribution in [0.3, 0.4) is 0 Å². The van der Waals surface area contributed by atoms with Crippen molar-refractivity contribution in [2.75, 3.05) is 13.2 Å². The van der Waals surface area contributed by atoms with Crippen molar-refractivity contribution in [1.29, 1.82) is 0 Å². The van der Waals surface area contributed by atoms with Crippen molar-refractivity contribution in [1.82, 2.24) is 0 Å². The quantitative estimate of drug-likeness (QED) is 0.582. The number of ether oxygens (including phenoxy) is 2. The van der Waals surface area contributed by atoms with Gasteiger partial charge in [0.15, 0.2) is 17.9 Å². The summed E-state index contributed by atoms with van der Waals surface area (Å²) in [6, 6.07) is 0.954. The summed E-state index contributed by atoms with van der Waals surface area (Å²) in [5.41, 5.74) is -0.535. The molecule has 5 heteroatoms. The van der Waals surface area contributed by atoms with Crippen LogP contribution < -0.4 is 0 Å². The topological polar surface area (TPSA) is 18.5 Å². The molecule has 1 saturated heterocycles. The smallest absolute Gasteiger partial charge is 0.186 e. The minimum absolute atomic E-state index is 0.206. The van der Waals surface area contributed by atoms with E-state index in [1.54, 1.807) is 0 Å². The zero-order valence-electron chi connectivity index (χ0n) is 12.4. The van der Waals surface area contributed by atoms with Crippen molar-refractivity contribution in [2.45, 2.75) is 45.8 Å². The first kappa shape index (κ1) is 16.3. The zero-order chi connectivity index (χ0) is 15.4. The van der Waals surface area contributed by atoms with Crippen LogP contribution in [0.5, 0.6) is 0 Å². The third kappa shape index (κ3) is 3.77. The molecule has 0 spiro atoms. The standard InChI is InChI=1S/C16H21F3O2/c1-3-4-5-6-11-8-20-16(21-9-11)12-7-13(17)10(2)14(18)15(12)19/h7,11,16H,3-6,8-9H2,1-2H3. The highest BCUT2D eigenvalue weighted by Crippen LogP contribution is 2.31. The molecule has 1 aliphatic rings. The first-order valence-corrected chi connectivity index (χ1v) is 7.41. The van der Waals surface area contributed by atoms with Gasteiger partial charge in [-0.25, -0.2) is 13.2 Å². The highest BCUT2D eigenvalue weighted by molar-refractivity contribution is 5.28. The van der Waals surface area contributed by atoms with Crippen molar-refractivity contribution in [3.63, 3.8) is 0 Å². The fourth-order valence-electron chi connectivity index (χ4n) is 2.45. The third-order valence-corrected chi connectivity index (χ3v) is 3.85. The molecule has 1 heterocycles. The molecule has 0 bridgehead atoms. The first-order chi connectivity index (χ1) is 10.0. The second kappa shape index (κ2) is 7.27. The molecule has 1 fully saturated rings. The van der Waals surface area contributed by atoms with Gasteiger partial charge >= 0.3 is 0 Å². The average Bonchev–Trinajstić information content (AvgIpc) is 2.50. The van der Waals surface area contributed by atoms with Gasteiger partial charge in [0.25, 0.3) is 0 Å². The summed E-state index contributed by atoms with van der Waals surface area (Å²) in [5.74, 6) is -2.80. The van der Waals surface area contributed by atoms with E-state index in [1.165, 1.54) is 6.92 Å². The van der Waals surface area contributed by atoms with E-state index in [4.69, 9.17) is 9.47 Å². The van der Waals surface area contributed by atoms with Crippen LogP contribution in [0.25, 0.3) is 0 Å². The first-order valence-electron chi connectivity index (χ1n) is 7.41. The summed E-state index contributed by atoms with van der Waals surface area (Å²) in [6.45, 7) is 4.17. The van der Waals surface area contributed by atoms with Crippen molar-refractivity contribution >= 4 is 0 Å². The Morgan fingerprint density at radius 3 is 2.38 bits per heavy atom. The zero-order valence-corrected chi connectivity index (χ0v) is 12.4. The van der Waals surface area contributed by atoms with Crippen LogP contribution in [0.1, 0.15) is 50.0 Å². The van der Waals surface area contributed by atoms with Crippen LogP contribution >= 0.6 is 0 Å². The summed E-state index contributed by atoms with van der Waals surface area (Å²) in [7, 11) is 0. The maximum absolute atomic E-state index is 13.9. The summed E-state index contributed by atoms with van der Waals surface area (Å²) < 4.78 is 51.9. The highest BCUT2D eigenvalue weighted by Gasteiger charge is 2.28. The number of unbranched alkanes of at least 4 members (excludes halogenated alkanes) is 2. The van der Waals surface area contributed by atoms with E-state index < -0.39 is 23.7 Å². The Kier molecular flexibility index (Phi) is 5.65. The van der Waals surface area contributed by atoms with E-state index in [1.807, 2.05) is 0 Å². The van der Waals surface area contributed by atoms with E-state index in [9.17, 15) is 13.2 Å². The monoisotopic (exact) mass is 302 g/mol. The Bertz CT molecular complexity index is 483. The average molecular weight is 302 g/mol. The van der Waals surface area contributed by atoms with Crippen LogP contribution in [0, 0.1) is 30.3 Å². The van der Waals surface area contributed by atoms with Crippen LogP contribution in [-0.4, -0.2) is 13.2 Å². The van der Waals surface area contributed by atoms with Gasteiger partial charge < -0.3 is 9.47 Å². The fourth-order valence-corrected chi connectivity index (χ4v) is 2.45. The molecule has 118 valence electrons. The number of hydrogen-bond donors (Lipinski definition) is 0. The Morgan fingerprint density at radius 2 is 1.76 bits per heavy atom. The molecule has 2 nitrogen and oxygen atoms in total. The van der Waals surface area contributed by atoms with Gasteiger partial charge in [-0.05, 0) is 19.4 Å². The van der Waals surface area contributed by atoms with Gasteiger partial charge in [-0.1, -0.05) is 26.2 Å². The normalized spacial score (nSPS) is 22.5. The lowest BCUT2D eigenvalue weighted by atomic mass is 10.0. The van der Waals surface area contributed by atoms with Gasteiger partial charge in [0.2, 0.25) is 0 Å². The lowest BCUT2D eigenvalue weighted by Crippen LogP contribution is -2.28. The number of halogens is 3. The summed E-state index contributed by atoms with van der Waals surface area (Å²) >= 11 is 0. The summed E-state index contributed by atoms with van der Waals surface area (Å²) in [4.78, 5) is 0. The Morgan fingerprint density at radius 1 is 1.10 bits per heavy atom. The second-order valence-electron chi connectivity index (χ2n) is 5.56. The van der Waals surface area contributed by atoms with Gasteiger partial charge in [-0.15, -0.1) is 0 Å². The largest absolute Gasteiger partial charge is 0.348 e. The van der Waals surface area contributed by atoms with Crippen LogP contribution in [0.2, 0.25) is 0 Å². The number of rotatable bonds is 5. The molecule has 0 saturated carbocycles. The predicted molar refractivity (Wildman–Crippen MR) is 73.3 cm³/mol. The molecular formula is C16H21F3O2. The molecule has 0 atom stereocenters. The number of benzene rings is 1. The predicted octanol–water partition coefficient (Wildman–Crippen LogP) is 4.65. The van der Waals surface area contributed by atoms with E-state index in [0.29, 0.717) is 13.2 Å². The van der Waals surface area contributed by atoms with E-state index in [2.05, 4.69) is 6.92 Å². The highest BCUT2D eigenvalue weighted by atomic mass is 19.2. The maximum Gasteiger partial charge on any atom is 0.186 e. The van der Waals surface area contributed by atoms with E-state index in [-0.39, 0.29) is 17.0 Å². The minimum atomic E-state index is -1.18. The van der Waals surface area contributed by atoms with Crippen LogP contribution in [0.4, 0.5) is 13.2 Å². The fraction of sp³-hybridized carbons (Fsp3) is 0.625. The molecule has 0 aromatic heterocycles. The Hall–Kier alpha value is -1.07. The van der Waals surface area contributed by atoms with Gasteiger partial charge in [0.1, 0.15) is 5.82 Å². The van der Waals surface area contributed by atoms with Crippen molar-refractivity contribution in [3.05, 3.63) is 34.6 Å². The SMILES string of the molecule is CCCCCC1COC(c2cc(F)c(C)c(F)c2F)OC1. The summed E-state index contributed by atoms with van der Waals surface area (Å²) in [5, 5.41) is 0. The molecule has 1 aromatic rings. The molecule has 1 aliphatic heterocycles. The van der Waals surface area contributed by atoms with Gasteiger partial charge in [0.05, 0.1) is 13.2 Å². The van der Waals surface area contributed by atoms with Crippen molar-refractivity contribution in [3.8, 4) is 0 Å². The molecule has 21 heavy (non-hydrogen) atoms.